The zero-order chi connectivity index (χ0) is 23.2. The summed E-state index contributed by atoms with van der Waals surface area (Å²) in [6, 6.07) is 27.4. The highest BCUT2D eigenvalue weighted by Crippen LogP contribution is 2.24. The number of hydrogen-bond acceptors (Lipinski definition) is 5. The molecule has 170 valence electrons. The molecule has 4 aromatic rings. The van der Waals surface area contributed by atoms with Crippen LogP contribution >= 0.6 is 0 Å². The maximum absolute atomic E-state index is 13.6. The topological polar surface area (TPSA) is 64.6 Å². The van der Waals surface area contributed by atoms with Gasteiger partial charge in [-0.15, -0.1) is 0 Å². The van der Waals surface area contributed by atoms with Crippen molar-refractivity contribution in [3.05, 3.63) is 102 Å². The largest absolute Gasteiger partial charge is 0.474 e. The predicted octanol–water partition coefficient (Wildman–Crippen LogP) is 4.48. The summed E-state index contributed by atoms with van der Waals surface area (Å²) in [6.07, 6.45) is 3.20. The van der Waals surface area contributed by atoms with Gasteiger partial charge in [0.25, 0.3) is 5.91 Å². The predicted molar refractivity (Wildman–Crippen MR) is 132 cm³/mol. The minimum Gasteiger partial charge on any atom is -0.474 e. The van der Waals surface area contributed by atoms with Crippen LogP contribution in [0.3, 0.4) is 0 Å². The number of fused-ring (bicyclic) bond motifs is 1. The highest BCUT2D eigenvalue weighted by Gasteiger charge is 2.27. The van der Waals surface area contributed by atoms with E-state index in [0.29, 0.717) is 37.8 Å². The van der Waals surface area contributed by atoms with Gasteiger partial charge in [-0.3, -0.25) is 4.79 Å². The SMILES string of the molecule is O=C(C(=Cc1ccccc1)c1ccccc1)N1CCOC(COc2ncnc3ccccc23)C1. The van der Waals surface area contributed by atoms with Crippen LogP contribution in [0.25, 0.3) is 22.6 Å². The Balaban J connectivity index is 1.32. The van der Waals surface area contributed by atoms with Crippen LogP contribution in [0.2, 0.25) is 0 Å². The Morgan fingerprint density at radius 2 is 1.71 bits per heavy atom. The van der Waals surface area contributed by atoms with Gasteiger partial charge in [0.15, 0.2) is 0 Å². The molecule has 5 rings (SSSR count). The van der Waals surface area contributed by atoms with Gasteiger partial charge in [0.2, 0.25) is 5.88 Å². The van der Waals surface area contributed by atoms with E-state index in [1.807, 2.05) is 95.9 Å². The Bertz CT molecular complexity index is 1290. The van der Waals surface area contributed by atoms with Crippen molar-refractivity contribution in [2.45, 2.75) is 6.10 Å². The summed E-state index contributed by atoms with van der Waals surface area (Å²) < 4.78 is 11.9. The first-order chi connectivity index (χ1) is 16.8. The fourth-order valence-electron chi connectivity index (χ4n) is 4.04. The molecule has 0 saturated carbocycles. The third kappa shape index (κ3) is 4.97. The molecular weight excluding hydrogens is 426 g/mol. The summed E-state index contributed by atoms with van der Waals surface area (Å²) in [5, 5.41) is 0.853. The van der Waals surface area contributed by atoms with E-state index in [2.05, 4.69) is 9.97 Å². The van der Waals surface area contributed by atoms with Gasteiger partial charge in [0, 0.05) is 12.1 Å². The summed E-state index contributed by atoms with van der Waals surface area (Å²) in [5.74, 6) is 0.502. The normalized spacial score (nSPS) is 16.4. The minimum absolute atomic E-state index is 0.0177. The number of amides is 1. The second-order valence-electron chi connectivity index (χ2n) is 8.09. The van der Waals surface area contributed by atoms with Crippen molar-refractivity contribution in [2.75, 3.05) is 26.3 Å². The Hall–Kier alpha value is -4.03. The van der Waals surface area contributed by atoms with Crippen molar-refractivity contribution in [1.29, 1.82) is 0 Å². The highest BCUT2D eigenvalue weighted by atomic mass is 16.5. The second-order valence-corrected chi connectivity index (χ2v) is 8.09. The lowest BCUT2D eigenvalue weighted by Gasteiger charge is -2.33. The molecule has 1 aliphatic rings. The van der Waals surface area contributed by atoms with E-state index in [1.165, 1.54) is 6.33 Å². The van der Waals surface area contributed by atoms with E-state index in [0.717, 1.165) is 22.0 Å². The fourth-order valence-corrected chi connectivity index (χ4v) is 4.04. The Morgan fingerprint density at radius 1 is 0.971 bits per heavy atom. The molecule has 34 heavy (non-hydrogen) atoms. The van der Waals surface area contributed by atoms with Gasteiger partial charge in [-0.25, -0.2) is 9.97 Å². The molecule has 0 aliphatic carbocycles. The van der Waals surface area contributed by atoms with Crippen LogP contribution in [0.1, 0.15) is 11.1 Å². The summed E-state index contributed by atoms with van der Waals surface area (Å²) in [5.41, 5.74) is 3.36. The van der Waals surface area contributed by atoms with Gasteiger partial charge in [-0.1, -0.05) is 72.8 Å². The quantitative estimate of drug-likeness (QED) is 0.320. The third-order valence-corrected chi connectivity index (χ3v) is 5.76. The van der Waals surface area contributed by atoms with Crippen molar-refractivity contribution in [2.24, 2.45) is 0 Å². The van der Waals surface area contributed by atoms with Crippen LogP contribution in [0, 0.1) is 0 Å². The van der Waals surface area contributed by atoms with Crippen LogP contribution in [0.15, 0.2) is 91.3 Å². The maximum Gasteiger partial charge on any atom is 0.254 e. The van der Waals surface area contributed by atoms with Crippen molar-refractivity contribution >= 4 is 28.5 Å². The van der Waals surface area contributed by atoms with Gasteiger partial charge >= 0.3 is 0 Å². The van der Waals surface area contributed by atoms with Crippen LogP contribution < -0.4 is 4.74 Å². The molecule has 1 fully saturated rings. The first-order valence-electron chi connectivity index (χ1n) is 11.3. The molecule has 0 spiro atoms. The zero-order valence-corrected chi connectivity index (χ0v) is 18.7. The Labute approximate surface area is 198 Å². The average molecular weight is 452 g/mol. The highest BCUT2D eigenvalue weighted by molar-refractivity contribution is 6.24. The number of hydrogen-bond donors (Lipinski definition) is 0. The lowest BCUT2D eigenvalue weighted by molar-refractivity contribution is -0.133. The van der Waals surface area contributed by atoms with Crippen LogP contribution in [0.4, 0.5) is 0 Å². The summed E-state index contributed by atoms with van der Waals surface area (Å²) in [4.78, 5) is 24.0. The molecule has 6 nitrogen and oxygen atoms in total. The number of morpholine rings is 1. The zero-order valence-electron chi connectivity index (χ0n) is 18.7. The van der Waals surface area contributed by atoms with Crippen molar-refractivity contribution in [3.63, 3.8) is 0 Å². The molecule has 1 amide bonds. The molecule has 0 N–H and O–H groups in total. The van der Waals surface area contributed by atoms with E-state index in [9.17, 15) is 4.79 Å². The Kier molecular flexibility index (Phi) is 6.59. The van der Waals surface area contributed by atoms with Crippen molar-refractivity contribution in [3.8, 4) is 5.88 Å². The van der Waals surface area contributed by atoms with Gasteiger partial charge in [0.1, 0.15) is 19.0 Å². The molecule has 0 radical (unpaired) electrons. The van der Waals surface area contributed by atoms with Crippen molar-refractivity contribution in [1.82, 2.24) is 14.9 Å². The van der Waals surface area contributed by atoms with Gasteiger partial charge < -0.3 is 14.4 Å². The van der Waals surface area contributed by atoms with Gasteiger partial charge in [-0.2, -0.15) is 0 Å². The maximum atomic E-state index is 13.6. The number of rotatable bonds is 6. The first kappa shape index (κ1) is 21.8. The Morgan fingerprint density at radius 3 is 2.53 bits per heavy atom. The number of nitrogens with zero attached hydrogens (tertiary/aromatic N) is 3. The molecule has 1 aromatic heterocycles. The van der Waals surface area contributed by atoms with E-state index in [-0.39, 0.29) is 12.0 Å². The minimum atomic E-state index is -0.250. The van der Waals surface area contributed by atoms with E-state index in [1.54, 1.807) is 0 Å². The molecule has 6 heteroatoms. The number of benzene rings is 3. The molecule has 1 atom stereocenters. The summed E-state index contributed by atoms with van der Waals surface area (Å²) in [6.45, 7) is 1.73. The molecule has 0 bridgehead atoms. The lowest BCUT2D eigenvalue weighted by atomic mass is 10.0. The van der Waals surface area contributed by atoms with Crippen LogP contribution in [0.5, 0.6) is 5.88 Å². The molecule has 1 unspecified atom stereocenters. The molecule has 3 aromatic carbocycles. The average Bonchev–Trinajstić information content (AvgIpc) is 2.91. The number of carbonyl (C=O) groups excluding carboxylic acids is 1. The lowest BCUT2D eigenvalue weighted by Crippen LogP contribution is -2.47. The first-order valence-corrected chi connectivity index (χ1v) is 11.3. The number of carbonyl (C=O) groups is 1. The third-order valence-electron chi connectivity index (χ3n) is 5.76. The molecule has 2 heterocycles. The van der Waals surface area contributed by atoms with E-state index >= 15 is 0 Å². The smallest absolute Gasteiger partial charge is 0.254 e. The molecule has 1 aliphatic heterocycles. The number of ether oxygens (including phenoxy) is 2. The summed E-state index contributed by atoms with van der Waals surface area (Å²) in [7, 11) is 0. The summed E-state index contributed by atoms with van der Waals surface area (Å²) >= 11 is 0. The molecule has 1 saturated heterocycles. The standard InChI is InChI=1S/C28H25N3O3/c32-28(25(22-11-5-2-6-12-22)17-21-9-3-1-4-10-21)31-15-16-33-23(18-31)19-34-27-24-13-7-8-14-26(24)29-20-30-27/h1-14,17,20,23H,15-16,18-19H2. The fraction of sp³-hybridized carbons (Fsp3) is 0.179. The van der Waals surface area contributed by atoms with E-state index < -0.39 is 0 Å². The monoisotopic (exact) mass is 451 g/mol. The van der Waals surface area contributed by atoms with Gasteiger partial charge in [-0.05, 0) is 29.3 Å². The van der Waals surface area contributed by atoms with Crippen LogP contribution in [-0.4, -0.2) is 53.2 Å². The number of para-hydroxylation sites is 1. The van der Waals surface area contributed by atoms with E-state index in [4.69, 9.17) is 9.47 Å². The van der Waals surface area contributed by atoms with Crippen LogP contribution in [-0.2, 0) is 9.53 Å². The number of aromatic nitrogens is 2. The molecular formula is C28H25N3O3. The van der Waals surface area contributed by atoms with Gasteiger partial charge in [0.05, 0.1) is 24.1 Å². The second kappa shape index (κ2) is 10.3. The van der Waals surface area contributed by atoms with Crippen molar-refractivity contribution < 1.29 is 14.3 Å².